The smallest absolute Gasteiger partial charge is 0.234 e. The number of carbonyl (C=O) groups is 1. The number of hydrogen-bond donors (Lipinski definition) is 1. The Kier molecular flexibility index (Phi) is 5.20. The van der Waals surface area contributed by atoms with Gasteiger partial charge in [-0.2, -0.15) is 0 Å². The summed E-state index contributed by atoms with van der Waals surface area (Å²) in [6, 6.07) is 9.33. The van der Waals surface area contributed by atoms with Gasteiger partial charge in [-0.15, -0.1) is 0 Å². The fourth-order valence-corrected chi connectivity index (χ4v) is 3.24. The molecule has 3 nitrogen and oxygen atoms in total. The third-order valence-corrected chi connectivity index (χ3v) is 4.39. The molecule has 1 heterocycles. The second-order valence-corrected chi connectivity index (χ2v) is 8.80. The first-order valence-electron chi connectivity index (χ1n) is 8.72. The maximum atomic E-state index is 12.2. The average Bonchev–Trinajstić information content (AvgIpc) is 2.83. The average molecular weight is 316 g/mol. The molecule has 0 bridgehead atoms. The maximum Gasteiger partial charge on any atom is 0.234 e. The van der Waals surface area contributed by atoms with Gasteiger partial charge in [0.05, 0.1) is 6.54 Å². The topological polar surface area (TPSA) is 32.3 Å². The van der Waals surface area contributed by atoms with Crippen LogP contribution in [0.25, 0.3) is 0 Å². The van der Waals surface area contributed by atoms with E-state index >= 15 is 0 Å². The van der Waals surface area contributed by atoms with Crippen molar-refractivity contribution in [3.63, 3.8) is 0 Å². The quantitative estimate of drug-likeness (QED) is 0.913. The number of benzene rings is 1. The van der Waals surface area contributed by atoms with Crippen LogP contribution in [0, 0.1) is 0 Å². The van der Waals surface area contributed by atoms with E-state index < -0.39 is 0 Å². The Bertz CT molecular complexity index is 534. The van der Waals surface area contributed by atoms with Crippen LogP contribution in [0.3, 0.4) is 0 Å². The van der Waals surface area contributed by atoms with Crippen molar-refractivity contribution < 1.29 is 4.79 Å². The molecule has 1 saturated heterocycles. The fourth-order valence-electron chi connectivity index (χ4n) is 3.24. The first kappa shape index (κ1) is 18.0. The SMILES string of the molecule is CC(C)(C)NC(=O)CN1CCCC1c1ccc(C(C)(C)C)cc1. The first-order chi connectivity index (χ1) is 10.6. The molecule has 1 atom stereocenters. The van der Waals surface area contributed by atoms with E-state index in [9.17, 15) is 4.79 Å². The van der Waals surface area contributed by atoms with E-state index in [0.29, 0.717) is 12.6 Å². The molecule has 0 spiro atoms. The van der Waals surface area contributed by atoms with Crippen molar-refractivity contribution in [1.82, 2.24) is 10.2 Å². The summed E-state index contributed by atoms with van der Waals surface area (Å²) in [4.78, 5) is 14.5. The van der Waals surface area contributed by atoms with Crippen molar-refractivity contribution in [3.05, 3.63) is 35.4 Å². The third kappa shape index (κ3) is 5.07. The summed E-state index contributed by atoms with van der Waals surface area (Å²) in [6.07, 6.45) is 2.30. The zero-order valence-corrected chi connectivity index (χ0v) is 15.6. The van der Waals surface area contributed by atoms with Gasteiger partial charge in [0.1, 0.15) is 0 Å². The van der Waals surface area contributed by atoms with E-state index in [-0.39, 0.29) is 16.9 Å². The first-order valence-corrected chi connectivity index (χ1v) is 8.72. The van der Waals surface area contributed by atoms with Gasteiger partial charge in [0.25, 0.3) is 0 Å². The Morgan fingerprint density at radius 1 is 1.13 bits per heavy atom. The fraction of sp³-hybridized carbons (Fsp3) is 0.650. The van der Waals surface area contributed by atoms with E-state index in [1.165, 1.54) is 11.1 Å². The monoisotopic (exact) mass is 316 g/mol. The van der Waals surface area contributed by atoms with Crippen LogP contribution in [-0.2, 0) is 10.2 Å². The Morgan fingerprint density at radius 3 is 2.26 bits per heavy atom. The maximum absolute atomic E-state index is 12.2. The van der Waals surface area contributed by atoms with Crippen LogP contribution < -0.4 is 5.32 Å². The number of nitrogens with one attached hydrogen (secondary N) is 1. The molecular weight excluding hydrogens is 284 g/mol. The summed E-state index contributed by atoms with van der Waals surface area (Å²) in [6.45, 7) is 14.3. The second-order valence-electron chi connectivity index (χ2n) is 8.80. The molecule has 1 aromatic rings. The molecule has 0 saturated carbocycles. The lowest BCUT2D eigenvalue weighted by Crippen LogP contribution is -2.45. The lowest BCUT2D eigenvalue weighted by atomic mass is 9.86. The molecule has 3 heteroatoms. The van der Waals surface area contributed by atoms with Crippen molar-refractivity contribution in [1.29, 1.82) is 0 Å². The normalized spacial score (nSPS) is 19.8. The molecule has 23 heavy (non-hydrogen) atoms. The van der Waals surface area contributed by atoms with Crippen molar-refractivity contribution in [3.8, 4) is 0 Å². The minimum absolute atomic E-state index is 0.121. The molecule has 1 aromatic carbocycles. The van der Waals surface area contributed by atoms with Gasteiger partial charge in [-0.25, -0.2) is 0 Å². The predicted molar refractivity (Wildman–Crippen MR) is 96.6 cm³/mol. The highest BCUT2D eigenvalue weighted by atomic mass is 16.2. The summed E-state index contributed by atoms with van der Waals surface area (Å²) in [7, 11) is 0. The Hall–Kier alpha value is -1.35. The number of hydrogen-bond acceptors (Lipinski definition) is 2. The van der Waals surface area contributed by atoms with Crippen molar-refractivity contribution >= 4 is 5.91 Å². The minimum Gasteiger partial charge on any atom is -0.350 e. The summed E-state index contributed by atoms with van der Waals surface area (Å²) < 4.78 is 0. The van der Waals surface area contributed by atoms with E-state index in [0.717, 1.165) is 19.4 Å². The molecule has 128 valence electrons. The second kappa shape index (κ2) is 6.64. The zero-order chi connectivity index (χ0) is 17.3. The van der Waals surface area contributed by atoms with Gasteiger partial charge in [0, 0.05) is 11.6 Å². The molecule has 1 amide bonds. The van der Waals surface area contributed by atoms with Crippen LogP contribution in [-0.4, -0.2) is 29.4 Å². The highest BCUT2D eigenvalue weighted by Gasteiger charge is 2.28. The number of rotatable bonds is 3. The molecular formula is C20H32N2O. The Labute approximate surface area is 141 Å². The number of nitrogens with zero attached hydrogens (tertiary/aromatic N) is 1. The van der Waals surface area contributed by atoms with Crippen LogP contribution in [0.5, 0.6) is 0 Å². The molecule has 1 unspecified atom stereocenters. The van der Waals surface area contributed by atoms with Crippen LogP contribution in [0.4, 0.5) is 0 Å². The van der Waals surface area contributed by atoms with Crippen LogP contribution in [0.2, 0.25) is 0 Å². The van der Waals surface area contributed by atoms with Gasteiger partial charge in [0.2, 0.25) is 5.91 Å². The molecule has 0 aliphatic carbocycles. The number of likely N-dealkylation sites (tertiary alicyclic amines) is 1. The zero-order valence-electron chi connectivity index (χ0n) is 15.6. The van der Waals surface area contributed by atoms with E-state index in [1.54, 1.807) is 0 Å². The number of carbonyl (C=O) groups excluding carboxylic acids is 1. The summed E-state index contributed by atoms with van der Waals surface area (Å²) in [5.74, 6) is 0.121. The van der Waals surface area contributed by atoms with Gasteiger partial charge in [-0.3, -0.25) is 9.69 Å². The van der Waals surface area contributed by atoms with Crippen LogP contribution >= 0.6 is 0 Å². The molecule has 1 aliphatic rings. The van der Waals surface area contributed by atoms with Crippen LogP contribution in [0.15, 0.2) is 24.3 Å². The standard InChI is InChI=1S/C20H32N2O/c1-19(2,3)16-11-9-15(10-12-16)17-8-7-13-22(17)14-18(23)21-20(4,5)6/h9-12,17H,7-8,13-14H2,1-6H3,(H,21,23). The molecule has 0 radical (unpaired) electrons. The van der Waals surface area contributed by atoms with E-state index in [1.807, 2.05) is 20.8 Å². The lowest BCUT2D eigenvalue weighted by molar-refractivity contribution is -0.123. The molecule has 2 rings (SSSR count). The van der Waals surface area contributed by atoms with Gasteiger partial charge in [-0.1, -0.05) is 45.0 Å². The molecule has 1 fully saturated rings. The van der Waals surface area contributed by atoms with E-state index in [4.69, 9.17) is 0 Å². The highest BCUT2D eigenvalue weighted by molar-refractivity contribution is 5.78. The Balaban J connectivity index is 2.05. The summed E-state index contributed by atoms with van der Waals surface area (Å²) >= 11 is 0. The highest BCUT2D eigenvalue weighted by Crippen LogP contribution is 2.33. The summed E-state index contributed by atoms with van der Waals surface area (Å²) in [5, 5.41) is 3.07. The van der Waals surface area contributed by atoms with Gasteiger partial charge < -0.3 is 5.32 Å². The van der Waals surface area contributed by atoms with Gasteiger partial charge in [0.15, 0.2) is 0 Å². The summed E-state index contributed by atoms with van der Waals surface area (Å²) in [5.41, 5.74) is 2.71. The third-order valence-electron chi connectivity index (χ3n) is 4.39. The van der Waals surface area contributed by atoms with Crippen molar-refractivity contribution in [2.75, 3.05) is 13.1 Å². The lowest BCUT2D eigenvalue weighted by Gasteiger charge is -2.27. The minimum atomic E-state index is -0.166. The number of amides is 1. The Morgan fingerprint density at radius 2 is 1.74 bits per heavy atom. The predicted octanol–water partition coefficient (Wildman–Crippen LogP) is 4.04. The van der Waals surface area contributed by atoms with Crippen molar-refractivity contribution in [2.45, 2.75) is 71.4 Å². The van der Waals surface area contributed by atoms with E-state index in [2.05, 4.69) is 55.3 Å². The largest absolute Gasteiger partial charge is 0.350 e. The van der Waals surface area contributed by atoms with Gasteiger partial charge >= 0.3 is 0 Å². The molecule has 1 N–H and O–H groups in total. The van der Waals surface area contributed by atoms with Gasteiger partial charge in [-0.05, 0) is 56.7 Å². The van der Waals surface area contributed by atoms with Crippen molar-refractivity contribution in [2.24, 2.45) is 0 Å². The van der Waals surface area contributed by atoms with Crippen LogP contribution in [0.1, 0.15) is 71.6 Å². The molecule has 0 aromatic heterocycles. The molecule has 1 aliphatic heterocycles.